The Morgan fingerprint density at radius 3 is 2.65 bits per heavy atom. The van der Waals surface area contributed by atoms with Crippen LogP contribution in [0.1, 0.15) is 17.2 Å². The van der Waals surface area contributed by atoms with Gasteiger partial charge in [-0.3, -0.25) is 10.1 Å². The van der Waals surface area contributed by atoms with Gasteiger partial charge in [-0.15, -0.1) is 0 Å². The summed E-state index contributed by atoms with van der Waals surface area (Å²) < 4.78 is 0. The molecule has 0 fully saturated rings. The number of aliphatic hydroxyl groups is 2. The molecule has 2 unspecified atom stereocenters. The van der Waals surface area contributed by atoms with Crippen molar-refractivity contribution in [1.82, 2.24) is 5.32 Å². The summed E-state index contributed by atoms with van der Waals surface area (Å²) in [5, 5.41) is 33.0. The van der Waals surface area contributed by atoms with Gasteiger partial charge < -0.3 is 15.5 Å². The summed E-state index contributed by atoms with van der Waals surface area (Å²) in [5.41, 5.74) is 0.687. The molecule has 0 saturated heterocycles. The first-order chi connectivity index (χ1) is 7.97. The highest BCUT2D eigenvalue weighted by Crippen LogP contribution is 2.28. The number of benzene rings is 1. The van der Waals surface area contributed by atoms with E-state index in [1.54, 1.807) is 20.0 Å². The van der Waals surface area contributed by atoms with Crippen molar-refractivity contribution in [2.45, 2.75) is 19.1 Å². The molecule has 0 spiro atoms. The van der Waals surface area contributed by atoms with Gasteiger partial charge in [0.05, 0.1) is 16.6 Å². The summed E-state index contributed by atoms with van der Waals surface area (Å²) in [6.07, 6.45) is -2.36. The molecule has 3 N–H and O–H groups in total. The Kier molecular flexibility index (Phi) is 4.56. The SMILES string of the molecule is CNCC(O)C(O)c1ccc(C)cc1[N+](=O)[O-]. The van der Waals surface area contributed by atoms with Crippen molar-refractivity contribution in [3.8, 4) is 0 Å². The molecule has 0 radical (unpaired) electrons. The van der Waals surface area contributed by atoms with E-state index < -0.39 is 17.1 Å². The number of hydrogen-bond acceptors (Lipinski definition) is 5. The molecular weight excluding hydrogens is 224 g/mol. The van der Waals surface area contributed by atoms with E-state index in [1.807, 2.05) is 0 Å². The van der Waals surface area contributed by atoms with Gasteiger partial charge in [-0.25, -0.2) is 0 Å². The van der Waals surface area contributed by atoms with Crippen molar-refractivity contribution in [2.75, 3.05) is 13.6 Å². The maximum absolute atomic E-state index is 10.9. The lowest BCUT2D eigenvalue weighted by Gasteiger charge is -2.17. The van der Waals surface area contributed by atoms with E-state index in [1.165, 1.54) is 12.1 Å². The summed E-state index contributed by atoms with van der Waals surface area (Å²) in [4.78, 5) is 10.3. The van der Waals surface area contributed by atoms with Crippen LogP contribution >= 0.6 is 0 Å². The number of aliphatic hydroxyl groups excluding tert-OH is 2. The second kappa shape index (κ2) is 5.72. The van der Waals surface area contributed by atoms with Gasteiger partial charge in [0.15, 0.2) is 0 Å². The molecule has 0 aliphatic carbocycles. The summed E-state index contributed by atoms with van der Waals surface area (Å²) in [5.74, 6) is 0. The highest BCUT2D eigenvalue weighted by Gasteiger charge is 2.25. The fourth-order valence-corrected chi connectivity index (χ4v) is 1.59. The van der Waals surface area contributed by atoms with Gasteiger partial charge in [-0.2, -0.15) is 0 Å². The van der Waals surface area contributed by atoms with Crippen LogP contribution < -0.4 is 5.32 Å². The van der Waals surface area contributed by atoms with Crippen molar-refractivity contribution >= 4 is 5.69 Å². The van der Waals surface area contributed by atoms with E-state index in [4.69, 9.17) is 0 Å². The standard InChI is InChI=1S/C11H16N2O4/c1-7-3-4-8(9(5-7)13(16)17)11(15)10(14)6-12-2/h3-5,10-12,14-15H,6H2,1-2H3. The van der Waals surface area contributed by atoms with Crippen LogP contribution in [0.15, 0.2) is 18.2 Å². The summed E-state index contributed by atoms with van der Waals surface area (Å²) >= 11 is 0. The zero-order chi connectivity index (χ0) is 13.0. The second-order valence-electron chi connectivity index (χ2n) is 3.89. The molecule has 2 atom stereocenters. The first kappa shape index (κ1) is 13.6. The number of nitro benzene ring substituents is 1. The Hall–Kier alpha value is -1.50. The molecule has 0 heterocycles. The zero-order valence-corrected chi connectivity index (χ0v) is 9.75. The third-order valence-corrected chi connectivity index (χ3v) is 2.48. The highest BCUT2D eigenvalue weighted by atomic mass is 16.6. The Morgan fingerprint density at radius 1 is 1.47 bits per heavy atom. The van der Waals surface area contributed by atoms with Crippen LogP contribution in [0, 0.1) is 17.0 Å². The average Bonchev–Trinajstić information content (AvgIpc) is 2.28. The molecule has 1 aromatic rings. The van der Waals surface area contributed by atoms with E-state index in [2.05, 4.69) is 5.32 Å². The van der Waals surface area contributed by atoms with Gasteiger partial charge in [-0.05, 0) is 25.6 Å². The third kappa shape index (κ3) is 3.23. The normalized spacial score (nSPS) is 14.4. The maximum Gasteiger partial charge on any atom is 0.275 e. The molecular formula is C11H16N2O4. The van der Waals surface area contributed by atoms with Crippen molar-refractivity contribution in [1.29, 1.82) is 0 Å². The van der Waals surface area contributed by atoms with E-state index >= 15 is 0 Å². The second-order valence-corrected chi connectivity index (χ2v) is 3.89. The smallest absolute Gasteiger partial charge is 0.275 e. The molecule has 0 aliphatic heterocycles. The molecule has 17 heavy (non-hydrogen) atoms. The number of hydrogen-bond donors (Lipinski definition) is 3. The minimum Gasteiger partial charge on any atom is -0.389 e. The molecule has 1 rings (SSSR count). The Balaban J connectivity index is 3.08. The molecule has 1 aromatic carbocycles. The topological polar surface area (TPSA) is 95.6 Å². The summed E-state index contributed by atoms with van der Waals surface area (Å²) in [6.45, 7) is 1.89. The zero-order valence-electron chi connectivity index (χ0n) is 9.75. The number of rotatable bonds is 5. The number of nitro groups is 1. The number of nitrogens with one attached hydrogen (secondary N) is 1. The van der Waals surface area contributed by atoms with Gasteiger partial charge in [0.25, 0.3) is 5.69 Å². The molecule has 0 aliphatic rings. The molecule has 94 valence electrons. The Labute approximate surface area is 99.0 Å². The lowest BCUT2D eigenvalue weighted by molar-refractivity contribution is -0.386. The van der Waals surface area contributed by atoms with Crippen molar-refractivity contribution in [3.63, 3.8) is 0 Å². The Bertz CT molecular complexity index is 408. The maximum atomic E-state index is 10.9. The van der Waals surface area contributed by atoms with E-state index in [0.29, 0.717) is 0 Å². The summed E-state index contributed by atoms with van der Waals surface area (Å²) in [6, 6.07) is 4.51. The highest BCUT2D eigenvalue weighted by molar-refractivity contribution is 5.44. The average molecular weight is 240 g/mol. The van der Waals surface area contributed by atoms with Gasteiger partial charge in [0, 0.05) is 12.6 Å². The lowest BCUT2D eigenvalue weighted by atomic mass is 10.0. The number of aryl methyl sites for hydroxylation is 1. The van der Waals surface area contributed by atoms with Gasteiger partial charge in [0.1, 0.15) is 6.10 Å². The molecule has 0 amide bonds. The number of likely N-dealkylation sites (N-methyl/N-ethyl adjacent to an activating group) is 1. The van der Waals surface area contributed by atoms with E-state index in [9.17, 15) is 20.3 Å². The van der Waals surface area contributed by atoms with Crippen LogP contribution in [-0.2, 0) is 0 Å². The van der Waals surface area contributed by atoms with Gasteiger partial charge >= 0.3 is 0 Å². The van der Waals surface area contributed by atoms with E-state index in [0.717, 1.165) is 5.56 Å². The molecule has 0 bridgehead atoms. The van der Waals surface area contributed by atoms with Crippen LogP contribution in [-0.4, -0.2) is 34.8 Å². The van der Waals surface area contributed by atoms with Crippen LogP contribution in [0.4, 0.5) is 5.69 Å². The fourth-order valence-electron chi connectivity index (χ4n) is 1.59. The molecule has 0 saturated carbocycles. The first-order valence-electron chi connectivity index (χ1n) is 5.23. The van der Waals surface area contributed by atoms with E-state index in [-0.39, 0.29) is 17.8 Å². The third-order valence-electron chi connectivity index (χ3n) is 2.48. The van der Waals surface area contributed by atoms with Crippen molar-refractivity contribution in [3.05, 3.63) is 39.4 Å². The fraction of sp³-hybridized carbons (Fsp3) is 0.455. The lowest BCUT2D eigenvalue weighted by Crippen LogP contribution is -2.29. The molecule has 6 nitrogen and oxygen atoms in total. The van der Waals surface area contributed by atoms with Gasteiger partial charge in [-0.1, -0.05) is 6.07 Å². The van der Waals surface area contributed by atoms with Crippen LogP contribution in [0.3, 0.4) is 0 Å². The minimum atomic E-state index is -1.27. The van der Waals surface area contributed by atoms with Crippen LogP contribution in [0.2, 0.25) is 0 Å². The largest absolute Gasteiger partial charge is 0.389 e. The predicted molar refractivity (Wildman–Crippen MR) is 62.7 cm³/mol. The van der Waals surface area contributed by atoms with Crippen molar-refractivity contribution in [2.24, 2.45) is 0 Å². The predicted octanol–water partition coefficient (Wildman–Crippen LogP) is 0.517. The minimum absolute atomic E-state index is 0.128. The quantitative estimate of drug-likeness (QED) is 0.515. The molecule has 0 aromatic heterocycles. The monoisotopic (exact) mass is 240 g/mol. The van der Waals surface area contributed by atoms with Gasteiger partial charge in [0.2, 0.25) is 0 Å². The van der Waals surface area contributed by atoms with Crippen LogP contribution in [0.25, 0.3) is 0 Å². The van der Waals surface area contributed by atoms with Crippen LogP contribution in [0.5, 0.6) is 0 Å². The van der Waals surface area contributed by atoms with Crippen molar-refractivity contribution < 1.29 is 15.1 Å². The summed E-state index contributed by atoms with van der Waals surface area (Å²) in [7, 11) is 1.62. The Morgan fingerprint density at radius 2 is 2.12 bits per heavy atom. The first-order valence-corrected chi connectivity index (χ1v) is 5.23. The molecule has 6 heteroatoms. The number of nitrogens with zero attached hydrogens (tertiary/aromatic N) is 1.